The smallest absolute Gasteiger partial charge is 0.279 e. The van der Waals surface area contributed by atoms with E-state index in [9.17, 15) is 9.59 Å². The fourth-order valence-electron chi connectivity index (χ4n) is 1.63. The van der Waals surface area contributed by atoms with Crippen molar-refractivity contribution in [2.45, 2.75) is 13.3 Å². The lowest BCUT2D eigenvalue weighted by Crippen LogP contribution is -2.41. The number of thiophene rings is 1. The van der Waals surface area contributed by atoms with Gasteiger partial charge in [-0.1, -0.05) is 13.0 Å². The molecule has 2 aromatic rings. The SMILES string of the molecule is CCCOc1cccc(C(=O)NNC(=O)c2ccc(Br)s2)c1. The van der Waals surface area contributed by atoms with Crippen molar-refractivity contribution in [1.29, 1.82) is 0 Å². The first kappa shape index (κ1) is 16.5. The predicted octanol–water partition coefficient (Wildman–Crippen LogP) is 3.37. The summed E-state index contributed by atoms with van der Waals surface area (Å²) in [4.78, 5) is 24.4. The number of nitrogens with one attached hydrogen (secondary N) is 2. The summed E-state index contributed by atoms with van der Waals surface area (Å²) < 4.78 is 6.32. The molecule has 2 rings (SSSR count). The second-order valence-corrected chi connectivity index (χ2v) is 6.85. The molecular weight excluding hydrogens is 368 g/mol. The average Bonchev–Trinajstić information content (AvgIpc) is 2.97. The number of hydrogen-bond acceptors (Lipinski definition) is 4. The minimum absolute atomic E-state index is 0.359. The van der Waals surface area contributed by atoms with Crippen LogP contribution in [0.25, 0.3) is 0 Å². The summed E-state index contributed by atoms with van der Waals surface area (Å²) >= 11 is 4.57. The Balaban J connectivity index is 1.93. The number of hydrogen-bond donors (Lipinski definition) is 2. The molecule has 0 fully saturated rings. The molecule has 0 saturated carbocycles. The lowest BCUT2D eigenvalue weighted by Gasteiger charge is -2.08. The zero-order valence-corrected chi connectivity index (χ0v) is 14.3. The van der Waals surface area contributed by atoms with Gasteiger partial charge in [0, 0.05) is 5.56 Å². The third-order valence-corrected chi connectivity index (χ3v) is 4.28. The molecule has 0 bridgehead atoms. The highest BCUT2D eigenvalue weighted by molar-refractivity contribution is 9.11. The molecule has 0 aliphatic heterocycles. The van der Waals surface area contributed by atoms with Crippen LogP contribution in [0, 0.1) is 0 Å². The monoisotopic (exact) mass is 382 g/mol. The molecule has 0 aliphatic carbocycles. The van der Waals surface area contributed by atoms with E-state index in [1.54, 1.807) is 36.4 Å². The number of rotatable bonds is 5. The van der Waals surface area contributed by atoms with Crippen molar-refractivity contribution < 1.29 is 14.3 Å². The predicted molar refractivity (Wildman–Crippen MR) is 89.2 cm³/mol. The minimum atomic E-state index is -0.397. The third-order valence-electron chi connectivity index (χ3n) is 2.66. The van der Waals surface area contributed by atoms with E-state index in [1.165, 1.54) is 11.3 Å². The Morgan fingerprint density at radius 2 is 1.95 bits per heavy atom. The molecule has 0 atom stereocenters. The summed E-state index contributed by atoms with van der Waals surface area (Å²) in [5.41, 5.74) is 5.19. The van der Waals surface area contributed by atoms with E-state index in [0.29, 0.717) is 22.8 Å². The standard InChI is InChI=1S/C15H15BrN2O3S/c1-2-8-21-11-5-3-4-10(9-11)14(19)17-18-15(20)12-6-7-13(16)22-12/h3-7,9H,2,8H2,1H3,(H,17,19)(H,18,20). The highest BCUT2D eigenvalue weighted by Crippen LogP contribution is 2.21. The van der Waals surface area contributed by atoms with Crippen LogP contribution in [-0.2, 0) is 0 Å². The van der Waals surface area contributed by atoms with Gasteiger partial charge in [0.15, 0.2) is 0 Å². The minimum Gasteiger partial charge on any atom is -0.494 e. The number of amides is 2. The van der Waals surface area contributed by atoms with Crippen molar-refractivity contribution in [3.63, 3.8) is 0 Å². The Morgan fingerprint density at radius 3 is 2.64 bits per heavy atom. The lowest BCUT2D eigenvalue weighted by molar-refractivity contribution is 0.0848. The fraction of sp³-hybridized carbons (Fsp3) is 0.200. The Kier molecular flexibility index (Phi) is 5.97. The Bertz CT molecular complexity index is 672. The van der Waals surface area contributed by atoms with Crippen LogP contribution in [0.4, 0.5) is 0 Å². The summed E-state index contributed by atoms with van der Waals surface area (Å²) in [6.07, 6.45) is 0.892. The fourth-order valence-corrected chi connectivity index (χ4v) is 2.91. The van der Waals surface area contributed by atoms with Crippen LogP contribution in [0.3, 0.4) is 0 Å². The van der Waals surface area contributed by atoms with E-state index < -0.39 is 5.91 Å². The maximum Gasteiger partial charge on any atom is 0.279 e. The second kappa shape index (κ2) is 7.95. The highest BCUT2D eigenvalue weighted by Gasteiger charge is 2.11. The van der Waals surface area contributed by atoms with Gasteiger partial charge in [-0.05, 0) is 52.7 Å². The summed E-state index contributed by atoms with van der Waals surface area (Å²) in [6.45, 7) is 2.60. The molecule has 0 aliphatic rings. The van der Waals surface area contributed by atoms with Crippen LogP contribution in [0.2, 0.25) is 0 Å². The molecule has 0 spiro atoms. The van der Waals surface area contributed by atoms with Gasteiger partial charge in [0.1, 0.15) is 5.75 Å². The van der Waals surface area contributed by atoms with E-state index in [1.807, 2.05) is 6.92 Å². The van der Waals surface area contributed by atoms with E-state index in [2.05, 4.69) is 26.8 Å². The maximum atomic E-state index is 12.0. The Hall–Kier alpha value is -1.86. The number of benzene rings is 1. The maximum absolute atomic E-state index is 12.0. The van der Waals surface area contributed by atoms with Crippen molar-refractivity contribution in [2.75, 3.05) is 6.61 Å². The van der Waals surface area contributed by atoms with Crippen LogP contribution in [-0.4, -0.2) is 18.4 Å². The normalized spacial score (nSPS) is 10.1. The third kappa shape index (κ3) is 4.57. The van der Waals surface area contributed by atoms with Gasteiger partial charge in [0.05, 0.1) is 15.3 Å². The molecule has 7 heteroatoms. The van der Waals surface area contributed by atoms with Gasteiger partial charge in [-0.3, -0.25) is 20.4 Å². The summed E-state index contributed by atoms with van der Waals surface area (Å²) in [6, 6.07) is 10.3. The Morgan fingerprint density at radius 1 is 1.18 bits per heavy atom. The average molecular weight is 383 g/mol. The quantitative estimate of drug-likeness (QED) is 0.778. The van der Waals surface area contributed by atoms with Crippen LogP contribution in [0.15, 0.2) is 40.2 Å². The number of halogens is 1. The van der Waals surface area contributed by atoms with Gasteiger partial charge in [-0.25, -0.2) is 0 Å². The topological polar surface area (TPSA) is 67.4 Å². The first-order valence-corrected chi connectivity index (χ1v) is 8.30. The van der Waals surface area contributed by atoms with E-state index in [0.717, 1.165) is 10.2 Å². The highest BCUT2D eigenvalue weighted by atomic mass is 79.9. The van der Waals surface area contributed by atoms with Crippen molar-refractivity contribution in [1.82, 2.24) is 10.9 Å². The van der Waals surface area contributed by atoms with E-state index >= 15 is 0 Å². The summed E-state index contributed by atoms with van der Waals surface area (Å²) in [5.74, 6) is -0.128. The van der Waals surface area contributed by atoms with Crippen LogP contribution >= 0.6 is 27.3 Å². The molecule has 5 nitrogen and oxygen atoms in total. The van der Waals surface area contributed by atoms with Gasteiger partial charge in [-0.2, -0.15) is 0 Å². The Labute approximate surface area is 140 Å². The van der Waals surface area contributed by atoms with Crippen molar-refractivity contribution in [2.24, 2.45) is 0 Å². The molecule has 1 aromatic heterocycles. The molecule has 0 saturated heterocycles. The van der Waals surface area contributed by atoms with Crippen molar-refractivity contribution in [3.05, 3.63) is 50.6 Å². The van der Waals surface area contributed by atoms with Gasteiger partial charge >= 0.3 is 0 Å². The molecule has 2 N–H and O–H groups in total. The molecule has 1 heterocycles. The second-order valence-electron chi connectivity index (χ2n) is 4.39. The molecule has 0 radical (unpaired) electrons. The summed E-state index contributed by atoms with van der Waals surface area (Å²) in [5, 5.41) is 0. The van der Waals surface area contributed by atoms with Gasteiger partial charge < -0.3 is 4.74 Å². The molecular formula is C15H15BrN2O3S. The molecule has 22 heavy (non-hydrogen) atoms. The zero-order valence-electron chi connectivity index (χ0n) is 11.9. The lowest BCUT2D eigenvalue weighted by atomic mass is 10.2. The molecule has 1 aromatic carbocycles. The van der Waals surface area contributed by atoms with Gasteiger partial charge in [0.25, 0.3) is 11.8 Å². The van der Waals surface area contributed by atoms with Crippen molar-refractivity contribution >= 4 is 39.1 Å². The number of ether oxygens (including phenoxy) is 1. The number of hydrazine groups is 1. The number of carbonyl (C=O) groups is 2. The molecule has 2 amide bonds. The largest absolute Gasteiger partial charge is 0.494 e. The molecule has 116 valence electrons. The first-order valence-electron chi connectivity index (χ1n) is 6.69. The van der Waals surface area contributed by atoms with Gasteiger partial charge in [-0.15, -0.1) is 11.3 Å². The first-order chi connectivity index (χ1) is 10.6. The summed E-state index contributed by atoms with van der Waals surface area (Å²) in [7, 11) is 0. The van der Waals surface area contributed by atoms with Gasteiger partial charge in [0.2, 0.25) is 0 Å². The van der Waals surface area contributed by atoms with Crippen LogP contribution < -0.4 is 15.6 Å². The van der Waals surface area contributed by atoms with Crippen LogP contribution in [0.5, 0.6) is 5.75 Å². The number of carbonyl (C=O) groups excluding carboxylic acids is 2. The van der Waals surface area contributed by atoms with E-state index in [4.69, 9.17) is 4.74 Å². The van der Waals surface area contributed by atoms with E-state index in [-0.39, 0.29) is 5.91 Å². The van der Waals surface area contributed by atoms with Crippen molar-refractivity contribution in [3.8, 4) is 5.75 Å². The molecule has 0 unspecified atom stereocenters. The zero-order chi connectivity index (χ0) is 15.9. The van der Waals surface area contributed by atoms with Crippen LogP contribution in [0.1, 0.15) is 33.4 Å².